The summed E-state index contributed by atoms with van der Waals surface area (Å²) < 4.78 is 0. The lowest BCUT2D eigenvalue weighted by Crippen LogP contribution is -1.92. The number of fused-ring (bicyclic) bond motifs is 1. The van der Waals surface area contributed by atoms with Gasteiger partial charge in [-0.25, -0.2) is 4.79 Å². The first-order chi connectivity index (χ1) is 9.77. The minimum Gasteiger partial charge on any atom is -0.478 e. The monoisotopic (exact) mass is 267 g/mol. The topological polar surface area (TPSA) is 74.0 Å². The summed E-state index contributed by atoms with van der Waals surface area (Å²) in [7, 11) is 0. The van der Waals surface area contributed by atoms with Crippen LogP contribution in [-0.2, 0) is 0 Å². The number of hydrogen-bond donors (Lipinski definition) is 2. The van der Waals surface area contributed by atoms with Crippen molar-refractivity contribution >= 4 is 18.4 Å². The van der Waals surface area contributed by atoms with Crippen molar-refractivity contribution in [3.8, 4) is 11.1 Å². The highest BCUT2D eigenvalue weighted by Crippen LogP contribution is 2.21. The Morgan fingerprint density at radius 3 is 1.95 bits per heavy atom. The Kier molecular flexibility index (Phi) is 4.61. The number of nitrogens with one attached hydrogen (secondary N) is 1. The molecule has 0 spiro atoms. The fraction of sp³-hybridized carbons (Fsp3) is 0. The lowest BCUT2D eigenvalue weighted by Gasteiger charge is -1.85. The second kappa shape index (κ2) is 6.84. The largest absolute Gasteiger partial charge is 0.478 e. The molecule has 3 aliphatic rings. The third-order valence-electron chi connectivity index (χ3n) is 2.56. The molecular weight excluding hydrogens is 254 g/mol. The van der Waals surface area contributed by atoms with Gasteiger partial charge in [-0.3, -0.25) is 0 Å². The maximum Gasteiger partial charge on any atom is 0.335 e. The molecule has 0 aromatic heterocycles. The Labute approximate surface area is 116 Å². The van der Waals surface area contributed by atoms with E-state index in [0.717, 1.165) is 11.1 Å². The summed E-state index contributed by atoms with van der Waals surface area (Å²) in [6.45, 7) is 0. The van der Waals surface area contributed by atoms with Crippen LogP contribution in [-0.4, -0.2) is 23.5 Å². The van der Waals surface area contributed by atoms with Crippen LogP contribution >= 0.6 is 0 Å². The Balaban J connectivity index is 0.000000178. The summed E-state index contributed by atoms with van der Waals surface area (Å²) in [5.74, 6) is -0.891. The van der Waals surface area contributed by atoms with E-state index in [0.29, 0.717) is 5.56 Å². The number of hydrogen-bond acceptors (Lipinski definition) is 4. The van der Waals surface area contributed by atoms with Crippen LogP contribution in [0, 0.1) is 0 Å². The molecule has 5 nitrogen and oxygen atoms in total. The second-order valence-corrected chi connectivity index (χ2v) is 3.90. The number of carboxylic acids is 1. The van der Waals surface area contributed by atoms with Crippen molar-refractivity contribution in [2.75, 3.05) is 0 Å². The highest BCUT2D eigenvalue weighted by atomic mass is 16.4. The van der Waals surface area contributed by atoms with Crippen molar-refractivity contribution in [1.29, 1.82) is 0 Å². The summed E-state index contributed by atoms with van der Waals surface area (Å²) in [5.41, 5.74) is 4.86. The number of carbonyl (C=O) groups is 1. The van der Waals surface area contributed by atoms with E-state index in [9.17, 15) is 4.79 Å². The summed E-state index contributed by atoms with van der Waals surface area (Å²) in [6.07, 6.45) is 6.85. The van der Waals surface area contributed by atoms with Gasteiger partial charge in [-0.2, -0.15) is 15.7 Å². The maximum absolute atomic E-state index is 10.6. The lowest BCUT2D eigenvalue weighted by atomic mass is 10.2. The summed E-state index contributed by atoms with van der Waals surface area (Å²) >= 11 is 0. The van der Waals surface area contributed by atoms with Gasteiger partial charge in [0.2, 0.25) is 0 Å². The van der Waals surface area contributed by atoms with Gasteiger partial charge in [-0.15, -0.1) is 0 Å². The molecular formula is C15H13N3O2. The third kappa shape index (κ3) is 3.78. The maximum atomic E-state index is 10.6. The molecule has 20 heavy (non-hydrogen) atoms. The molecule has 0 saturated carbocycles. The van der Waals surface area contributed by atoms with Crippen molar-refractivity contribution < 1.29 is 9.90 Å². The average Bonchev–Trinajstić information content (AvgIpc) is 2.68. The zero-order chi connectivity index (χ0) is 14.2. The summed E-state index contributed by atoms with van der Waals surface area (Å²) in [4.78, 5) is 10.6. The molecule has 0 aromatic rings. The first kappa shape index (κ1) is 13.5. The molecule has 100 valence electrons. The molecule has 0 fully saturated rings. The third-order valence-corrected chi connectivity index (χ3v) is 2.56. The van der Waals surface area contributed by atoms with Crippen LogP contribution in [0.25, 0.3) is 11.1 Å². The van der Waals surface area contributed by atoms with Gasteiger partial charge in [-0.1, -0.05) is 30.3 Å². The van der Waals surface area contributed by atoms with Gasteiger partial charge < -0.3 is 5.11 Å². The molecule has 1 heterocycles. The number of hydrazone groups is 2. The molecule has 2 N–H and O–H groups in total. The Morgan fingerprint density at radius 2 is 1.45 bits per heavy atom. The first-order valence-corrected chi connectivity index (χ1v) is 5.96. The molecule has 0 bridgehead atoms. The minimum atomic E-state index is -0.891. The second-order valence-electron chi connectivity index (χ2n) is 3.90. The zero-order valence-corrected chi connectivity index (χ0v) is 10.6. The smallest absolute Gasteiger partial charge is 0.335 e. The van der Waals surface area contributed by atoms with Gasteiger partial charge in [0.1, 0.15) is 0 Å². The number of carboxylic acid groups (broad SMARTS) is 1. The van der Waals surface area contributed by atoms with Crippen molar-refractivity contribution in [2.24, 2.45) is 10.2 Å². The van der Waals surface area contributed by atoms with E-state index in [2.05, 4.69) is 15.7 Å². The molecule has 5 heteroatoms. The Hall–Kier alpha value is -2.95. The van der Waals surface area contributed by atoms with Crippen LogP contribution in [0.3, 0.4) is 0 Å². The standard InChI is InChI=1S/C11H8O2.C4H5N3/c12-11(13)10-6-4-8-2-1-3-9(8)5-7-10;1-2-4-6-7-5-3-1/h1-7H,(H,12,13);1-4,7H. The van der Waals surface area contributed by atoms with Crippen LogP contribution in [0.4, 0.5) is 0 Å². The average molecular weight is 267 g/mol. The lowest BCUT2D eigenvalue weighted by molar-refractivity contribution is 0.0697. The van der Waals surface area contributed by atoms with Gasteiger partial charge in [-0.05, 0) is 35.4 Å². The van der Waals surface area contributed by atoms with Crippen molar-refractivity contribution in [1.82, 2.24) is 5.53 Å². The van der Waals surface area contributed by atoms with Crippen molar-refractivity contribution in [3.63, 3.8) is 0 Å². The summed E-state index contributed by atoms with van der Waals surface area (Å²) in [5, 5.41) is 16.0. The highest BCUT2D eigenvalue weighted by Gasteiger charge is 2.02. The van der Waals surface area contributed by atoms with E-state index in [-0.39, 0.29) is 0 Å². The molecule has 0 atom stereocenters. The highest BCUT2D eigenvalue weighted by molar-refractivity contribution is 5.88. The fourth-order valence-electron chi connectivity index (χ4n) is 1.59. The Bertz CT molecular complexity index is 603. The van der Waals surface area contributed by atoms with Crippen LogP contribution in [0.2, 0.25) is 0 Å². The van der Waals surface area contributed by atoms with Gasteiger partial charge in [0, 0.05) is 12.4 Å². The molecule has 3 rings (SSSR count). The van der Waals surface area contributed by atoms with E-state index < -0.39 is 5.97 Å². The van der Waals surface area contributed by atoms with Crippen LogP contribution < -0.4 is 5.53 Å². The predicted octanol–water partition coefficient (Wildman–Crippen LogP) is 2.61. The quantitative estimate of drug-likeness (QED) is 0.834. The van der Waals surface area contributed by atoms with Crippen molar-refractivity contribution in [2.45, 2.75) is 0 Å². The predicted molar refractivity (Wildman–Crippen MR) is 79.3 cm³/mol. The number of rotatable bonds is 1. The molecule has 0 aromatic carbocycles. The summed E-state index contributed by atoms with van der Waals surface area (Å²) in [6, 6.07) is 12.7. The number of nitrogens with zero attached hydrogens (tertiary/aromatic N) is 2. The SMILES string of the molecule is C1=CC=NNN=C1.O=C(O)c1ccc2cccc-2cc1. The molecule has 2 aliphatic carbocycles. The zero-order valence-electron chi connectivity index (χ0n) is 10.6. The molecule has 0 radical (unpaired) electrons. The number of allylic oxidation sites excluding steroid dienone is 2. The number of aromatic carboxylic acids is 1. The molecule has 0 saturated heterocycles. The normalized spacial score (nSPS) is 12.2. The van der Waals surface area contributed by atoms with E-state index >= 15 is 0 Å². The molecule has 0 unspecified atom stereocenters. The Morgan fingerprint density at radius 1 is 0.900 bits per heavy atom. The fourth-order valence-corrected chi connectivity index (χ4v) is 1.59. The molecule has 0 amide bonds. The minimum absolute atomic E-state index is 0.316. The van der Waals surface area contributed by atoms with Crippen molar-refractivity contribution in [3.05, 3.63) is 60.2 Å². The van der Waals surface area contributed by atoms with Crippen LogP contribution in [0.1, 0.15) is 10.4 Å². The van der Waals surface area contributed by atoms with Crippen LogP contribution in [0.15, 0.2) is 64.8 Å². The van der Waals surface area contributed by atoms with Gasteiger partial charge in [0.25, 0.3) is 0 Å². The van der Waals surface area contributed by atoms with Gasteiger partial charge in [0.15, 0.2) is 0 Å². The molecule has 1 aliphatic heterocycles. The van der Waals surface area contributed by atoms with E-state index in [1.807, 2.05) is 30.3 Å². The van der Waals surface area contributed by atoms with E-state index in [1.54, 1.807) is 36.7 Å². The van der Waals surface area contributed by atoms with Crippen LogP contribution in [0.5, 0.6) is 0 Å². The first-order valence-electron chi connectivity index (χ1n) is 5.96. The van der Waals surface area contributed by atoms with Gasteiger partial charge >= 0.3 is 5.97 Å². The van der Waals surface area contributed by atoms with E-state index in [4.69, 9.17) is 5.11 Å². The van der Waals surface area contributed by atoms with E-state index in [1.165, 1.54) is 0 Å². The van der Waals surface area contributed by atoms with Gasteiger partial charge in [0.05, 0.1) is 5.56 Å².